The van der Waals surface area contributed by atoms with Crippen molar-refractivity contribution >= 4 is 11.8 Å². The molecule has 12 heavy (non-hydrogen) atoms. The first-order chi connectivity index (χ1) is 5.49. The van der Waals surface area contributed by atoms with Crippen LogP contribution in [0.15, 0.2) is 0 Å². The van der Waals surface area contributed by atoms with Crippen LogP contribution in [0.1, 0.15) is 20.3 Å². The van der Waals surface area contributed by atoms with Gasteiger partial charge in [-0.2, -0.15) is 0 Å². The summed E-state index contributed by atoms with van der Waals surface area (Å²) in [6, 6.07) is -0.258. The predicted octanol–water partition coefficient (Wildman–Crippen LogP) is 0.274. The van der Waals surface area contributed by atoms with Gasteiger partial charge in [0, 0.05) is 6.42 Å². The quantitative estimate of drug-likeness (QED) is 0.626. The van der Waals surface area contributed by atoms with Crippen LogP contribution in [-0.4, -0.2) is 29.9 Å². The number of hydrogen-bond acceptors (Lipinski definition) is 3. The molecule has 0 aromatic rings. The average Bonchev–Trinajstić information content (AvgIpc) is 2.02. The van der Waals surface area contributed by atoms with E-state index in [-0.39, 0.29) is 18.2 Å². The second-order valence-electron chi connectivity index (χ2n) is 2.92. The molecule has 0 amide bonds. The van der Waals surface area contributed by atoms with E-state index in [4.69, 9.17) is 5.11 Å². The van der Waals surface area contributed by atoms with E-state index in [0.29, 0.717) is 0 Å². The SMILES string of the molecule is CN[C@H](C)C(=O)C[C@H](C)C(=O)O. The molecule has 2 atom stereocenters. The maximum absolute atomic E-state index is 11.2. The maximum atomic E-state index is 11.2. The van der Waals surface area contributed by atoms with Crippen molar-refractivity contribution in [2.24, 2.45) is 5.92 Å². The molecular weight excluding hydrogens is 158 g/mol. The minimum atomic E-state index is -0.924. The average molecular weight is 173 g/mol. The molecule has 0 saturated carbocycles. The number of hydrogen-bond donors (Lipinski definition) is 2. The summed E-state index contributed by atoms with van der Waals surface area (Å²) >= 11 is 0. The van der Waals surface area contributed by atoms with E-state index in [1.54, 1.807) is 14.0 Å². The van der Waals surface area contributed by atoms with Crippen LogP contribution in [0.25, 0.3) is 0 Å². The Morgan fingerprint density at radius 1 is 1.42 bits per heavy atom. The Hall–Kier alpha value is -0.900. The smallest absolute Gasteiger partial charge is 0.306 e. The van der Waals surface area contributed by atoms with E-state index < -0.39 is 11.9 Å². The van der Waals surface area contributed by atoms with Gasteiger partial charge < -0.3 is 10.4 Å². The van der Waals surface area contributed by atoms with Crippen molar-refractivity contribution in [2.75, 3.05) is 7.05 Å². The number of likely N-dealkylation sites (N-methyl/N-ethyl adjacent to an activating group) is 1. The van der Waals surface area contributed by atoms with E-state index in [2.05, 4.69) is 5.32 Å². The summed E-state index contributed by atoms with van der Waals surface area (Å²) in [6.07, 6.45) is 0.0946. The Morgan fingerprint density at radius 2 is 1.92 bits per heavy atom. The molecule has 0 aromatic heterocycles. The lowest BCUT2D eigenvalue weighted by molar-refractivity contribution is -0.143. The number of Topliss-reactive ketones (excluding diaryl/α,β-unsaturated/α-hetero) is 1. The summed E-state index contributed by atoms with van der Waals surface area (Å²) in [6.45, 7) is 3.25. The van der Waals surface area contributed by atoms with Gasteiger partial charge in [-0.1, -0.05) is 6.92 Å². The summed E-state index contributed by atoms with van der Waals surface area (Å²) in [7, 11) is 1.67. The lowest BCUT2D eigenvalue weighted by Crippen LogP contribution is -2.32. The highest BCUT2D eigenvalue weighted by Gasteiger charge is 2.18. The Balaban J connectivity index is 3.92. The van der Waals surface area contributed by atoms with Crippen LogP contribution in [0.5, 0.6) is 0 Å². The van der Waals surface area contributed by atoms with Gasteiger partial charge in [-0.05, 0) is 14.0 Å². The third-order valence-corrected chi connectivity index (χ3v) is 1.84. The molecule has 70 valence electrons. The molecule has 4 nitrogen and oxygen atoms in total. The molecule has 0 fully saturated rings. The molecule has 0 saturated heterocycles. The van der Waals surface area contributed by atoms with Gasteiger partial charge in [0.05, 0.1) is 12.0 Å². The van der Waals surface area contributed by atoms with E-state index in [9.17, 15) is 9.59 Å². The first-order valence-corrected chi connectivity index (χ1v) is 3.91. The normalized spacial score (nSPS) is 15.2. The van der Waals surface area contributed by atoms with Crippen molar-refractivity contribution in [3.63, 3.8) is 0 Å². The second-order valence-corrected chi connectivity index (χ2v) is 2.92. The lowest BCUT2D eigenvalue weighted by Gasteiger charge is -2.10. The predicted molar refractivity (Wildman–Crippen MR) is 44.9 cm³/mol. The zero-order valence-corrected chi connectivity index (χ0v) is 7.63. The van der Waals surface area contributed by atoms with Crippen LogP contribution in [0.3, 0.4) is 0 Å². The van der Waals surface area contributed by atoms with E-state index in [1.807, 2.05) is 0 Å². The third-order valence-electron chi connectivity index (χ3n) is 1.84. The molecule has 0 aliphatic heterocycles. The van der Waals surface area contributed by atoms with E-state index >= 15 is 0 Å². The lowest BCUT2D eigenvalue weighted by atomic mass is 10.0. The maximum Gasteiger partial charge on any atom is 0.306 e. The first kappa shape index (κ1) is 11.1. The zero-order valence-electron chi connectivity index (χ0n) is 7.63. The topological polar surface area (TPSA) is 66.4 Å². The van der Waals surface area contributed by atoms with Crippen molar-refractivity contribution in [1.29, 1.82) is 0 Å². The molecule has 2 N–H and O–H groups in total. The van der Waals surface area contributed by atoms with Gasteiger partial charge in [-0.15, -0.1) is 0 Å². The molecule has 0 aliphatic carbocycles. The number of aliphatic carboxylic acids is 1. The molecule has 0 aromatic carbocycles. The number of carboxylic acid groups (broad SMARTS) is 1. The number of carboxylic acids is 1. The number of ketones is 1. The fourth-order valence-electron chi connectivity index (χ4n) is 0.727. The van der Waals surface area contributed by atoms with Gasteiger partial charge >= 0.3 is 5.97 Å². The fraction of sp³-hybridized carbons (Fsp3) is 0.750. The number of nitrogens with one attached hydrogen (secondary N) is 1. The second kappa shape index (κ2) is 4.87. The number of carbonyl (C=O) groups is 2. The van der Waals surface area contributed by atoms with Gasteiger partial charge in [0.15, 0.2) is 0 Å². The summed E-state index contributed by atoms with van der Waals surface area (Å²) in [5.41, 5.74) is 0. The molecule has 0 rings (SSSR count). The molecular formula is C8H15NO3. The molecule has 0 spiro atoms. The Morgan fingerprint density at radius 3 is 2.25 bits per heavy atom. The largest absolute Gasteiger partial charge is 0.481 e. The minimum Gasteiger partial charge on any atom is -0.481 e. The Kier molecular flexibility index (Phi) is 4.51. The summed E-state index contributed by atoms with van der Waals surface area (Å²) in [4.78, 5) is 21.5. The highest BCUT2D eigenvalue weighted by molar-refractivity contribution is 5.87. The zero-order chi connectivity index (χ0) is 9.72. The third kappa shape index (κ3) is 3.48. The van der Waals surface area contributed by atoms with Gasteiger partial charge in [-0.25, -0.2) is 0 Å². The van der Waals surface area contributed by atoms with Crippen LogP contribution in [0.4, 0.5) is 0 Å². The van der Waals surface area contributed by atoms with Crippen LogP contribution >= 0.6 is 0 Å². The van der Waals surface area contributed by atoms with Crippen molar-refractivity contribution in [3.05, 3.63) is 0 Å². The van der Waals surface area contributed by atoms with Gasteiger partial charge in [0.2, 0.25) is 0 Å². The molecule has 4 heteroatoms. The monoisotopic (exact) mass is 173 g/mol. The van der Waals surface area contributed by atoms with Crippen molar-refractivity contribution in [3.8, 4) is 0 Å². The minimum absolute atomic E-state index is 0.0626. The standard InChI is InChI=1S/C8H15NO3/c1-5(8(11)12)4-7(10)6(2)9-3/h5-6,9H,4H2,1-3H3,(H,11,12)/t5-,6+/m0/s1. The van der Waals surface area contributed by atoms with Crippen LogP contribution < -0.4 is 5.32 Å². The van der Waals surface area contributed by atoms with Crippen LogP contribution in [0.2, 0.25) is 0 Å². The van der Waals surface area contributed by atoms with Gasteiger partial charge in [0.1, 0.15) is 5.78 Å². The van der Waals surface area contributed by atoms with Gasteiger partial charge in [0.25, 0.3) is 0 Å². The van der Waals surface area contributed by atoms with E-state index in [1.165, 1.54) is 6.92 Å². The first-order valence-electron chi connectivity index (χ1n) is 3.91. The molecule has 0 heterocycles. The van der Waals surface area contributed by atoms with Crippen LogP contribution in [-0.2, 0) is 9.59 Å². The number of carbonyl (C=O) groups excluding carboxylic acids is 1. The Labute approximate surface area is 72.0 Å². The molecule has 0 aliphatic rings. The van der Waals surface area contributed by atoms with Crippen molar-refractivity contribution < 1.29 is 14.7 Å². The Bertz CT molecular complexity index is 179. The molecule has 0 unspecified atom stereocenters. The van der Waals surface area contributed by atoms with E-state index in [0.717, 1.165) is 0 Å². The summed E-state index contributed by atoms with van der Waals surface area (Å²) in [5, 5.41) is 11.3. The molecule has 0 bridgehead atoms. The van der Waals surface area contributed by atoms with Crippen LogP contribution in [0, 0.1) is 5.92 Å². The highest BCUT2D eigenvalue weighted by atomic mass is 16.4. The fourth-order valence-corrected chi connectivity index (χ4v) is 0.727. The van der Waals surface area contributed by atoms with Gasteiger partial charge in [-0.3, -0.25) is 9.59 Å². The number of rotatable bonds is 5. The highest BCUT2D eigenvalue weighted by Crippen LogP contribution is 2.04. The van der Waals surface area contributed by atoms with Crippen molar-refractivity contribution in [1.82, 2.24) is 5.32 Å². The van der Waals surface area contributed by atoms with Crippen molar-refractivity contribution in [2.45, 2.75) is 26.3 Å². The molecule has 0 radical (unpaired) electrons. The summed E-state index contributed by atoms with van der Waals surface area (Å²) < 4.78 is 0. The summed E-state index contributed by atoms with van der Waals surface area (Å²) in [5.74, 6) is -1.58.